The minimum absolute atomic E-state index is 0.230. The molecule has 5 heteroatoms. The van der Waals surface area contributed by atoms with E-state index in [1.165, 1.54) is 19.3 Å². The van der Waals surface area contributed by atoms with E-state index in [9.17, 15) is 0 Å². The van der Waals surface area contributed by atoms with E-state index in [1.54, 1.807) is 0 Å². The molecule has 0 spiro atoms. The first kappa shape index (κ1) is 13.1. The van der Waals surface area contributed by atoms with Gasteiger partial charge < -0.3 is 16.0 Å². The summed E-state index contributed by atoms with van der Waals surface area (Å²) in [6, 6.07) is 2.26. The molecule has 1 atom stereocenters. The Bertz CT molecular complexity index is 387. The molecular weight excluding hydrogens is 226 g/mol. The van der Waals surface area contributed by atoms with Crippen LogP contribution >= 0.6 is 0 Å². The normalized spacial score (nSPS) is 17.6. The molecule has 18 heavy (non-hydrogen) atoms. The maximum Gasteiger partial charge on any atom is 0.134 e. The number of rotatable bonds is 4. The highest BCUT2D eigenvalue weighted by Gasteiger charge is 2.14. The smallest absolute Gasteiger partial charge is 0.134 e. The van der Waals surface area contributed by atoms with Crippen molar-refractivity contribution in [3.05, 3.63) is 11.9 Å². The van der Waals surface area contributed by atoms with Crippen LogP contribution in [-0.4, -0.2) is 35.6 Å². The van der Waals surface area contributed by atoms with Gasteiger partial charge in [-0.05, 0) is 33.1 Å². The van der Waals surface area contributed by atoms with Crippen LogP contribution in [0.2, 0.25) is 0 Å². The molecule has 1 aliphatic rings. The van der Waals surface area contributed by atoms with Gasteiger partial charge in [-0.25, -0.2) is 9.97 Å². The van der Waals surface area contributed by atoms with Crippen LogP contribution in [0.1, 0.15) is 32.0 Å². The fraction of sp³-hybridized carbons (Fsp3) is 0.692. The van der Waals surface area contributed by atoms with Gasteiger partial charge in [-0.2, -0.15) is 0 Å². The van der Waals surface area contributed by atoms with Crippen molar-refractivity contribution in [2.75, 3.05) is 29.9 Å². The summed E-state index contributed by atoms with van der Waals surface area (Å²) >= 11 is 0. The third kappa shape index (κ3) is 3.32. The summed E-state index contributed by atoms with van der Waals surface area (Å²) in [5.41, 5.74) is 5.62. The van der Waals surface area contributed by atoms with Gasteiger partial charge in [0.15, 0.2) is 0 Å². The average molecular weight is 249 g/mol. The van der Waals surface area contributed by atoms with Crippen molar-refractivity contribution in [3.63, 3.8) is 0 Å². The van der Waals surface area contributed by atoms with Crippen molar-refractivity contribution < 1.29 is 0 Å². The summed E-state index contributed by atoms with van der Waals surface area (Å²) in [5, 5.41) is 3.31. The lowest BCUT2D eigenvalue weighted by molar-refractivity contribution is 0.572. The van der Waals surface area contributed by atoms with Gasteiger partial charge in [-0.3, -0.25) is 0 Å². The summed E-state index contributed by atoms with van der Waals surface area (Å²) in [4.78, 5) is 11.3. The van der Waals surface area contributed by atoms with Crippen LogP contribution in [-0.2, 0) is 0 Å². The maximum absolute atomic E-state index is 5.62. The van der Waals surface area contributed by atoms with Crippen LogP contribution in [0.15, 0.2) is 6.07 Å². The van der Waals surface area contributed by atoms with E-state index in [0.29, 0.717) is 6.54 Å². The van der Waals surface area contributed by atoms with Crippen molar-refractivity contribution in [1.29, 1.82) is 0 Å². The molecule has 1 aliphatic heterocycles. The largest absolute Gasteiger partial charge is 0.366 e. The zero-order chi connectivity index (χ0) is 13.0. The van der Waals surface area contributed by atoms with Gasteiger partial charge >= 0.3 is 0 Å². The Morgan fingerprint density at radius 2 is 2.06 bits per heavy atom. The average Bonchev–Trinajstić information content (AvgIpc) is 2.39. The second-order valence-electron chi connectivity index (χ2n) is 4.99. The van der Waals surface area contributed by atoms with Crippen LogP contribution in [0.4, 0.5) is 11.6 Å². The summed E-state index contributed by atoms with van der Waals surface area (Å²) in [7, 11) is 0. The molecule has 0 aromatic carbocycles. The molecule has 100 valence electrons. The third-order valence-electron chi connectivity index (χ3n) is 3.25. The van der Waals surface area contributed by atoms with Crippen molar-refractivity contribution in [2.24, 2.45) is 5.73 Å². The highest BCUT2D eigenvalue weighted by molar-refractivity contribution is 5.50. The molecule has 1 aromatic rings. The Labute approximate surface area is 109 Å². The zero-order valence-corrected chi connectivity index (χ0v) is 11.3. The number of anilines is 2. The van der Waals surface area contributed by atoms with E-state index in [2.05, 4.69) is 27.1 Å². The standard InChI is InChI=1S/C13H23N5/c1-10(9-14)15-12-8-13(17-11(2)16-12)18-6-4-3-5-7-18/h8,10H,3-7,9,14H2,1-2H3,(H,15,16,17). The minimum Gasteiger partial charge on any atom is -0.366 e. The lowest BCUT2D eigenvalue weighted by Crippen LogP contribution is -2.31. The van der Waals surface area contributed by atoms with Gasteiger partial charge in [0.2, 0.25) is 0 Å². The lowest BCUT2D eigenvalue weighted by atomic mass is 10.1. The molecule has 0 bridgehead atoms. The second kappa shape index (κ2) is 6.00. The molecule has 1 unspecified atom stereocenters. The van der Waals surface area contributed by atoms with E-state index in [4.69, 9.17) is 5.73 Å². The highest BCUT2D eigenvalue weighted by atomic mass is 15.2. The summed E-state index contributed by atoms with van der Waals surface area (Å²) in [6.07, 6.45) is 3.84. The number of nitrogens with two attached hydrogens (primary N) is 1. The van der Waals surface area contributed by atoms with Crippen molar-refractivity contribution >= 4 is 11.6 Å². The predicted molar refractivity (Wildman–Crippen MR) is 75.0 cm³/mol. The molecule has 0 aliphatic carbocycles. The maximum atomic E-state index is 5.62. The van der Waals surface area contributed by atoms with E-state index in [-0.39, 0.29) is 6.04 Å². The third-order valence-corrected chi connectivity index (χ3v) is 3.25. The number of hydrogen-bond donors (Lipinski definition) is 2. The molecule has 0 amide bonds. The molecule has 2 heterocycles. The van der Waals surface area contributed by atoms with Crippen LogP contribution in [0.5, 0.6) is 0 Å². The van der Waals surface area contributed by atoms with Gasteiger partial charge in [0.1, 0.15) is 17.5 Å². The van der Waals surface area contributed by atoms with Crippen molar-refractivity contribution in [1.82, 2.24) is 9.97 Å². The molecule has 1 saturated heterocycles. The number of piperidine rings is 1. The Hall–Kier alpha value is -1.36. The van der Waals surface area contributed by atoms with Crippen molar-refractivity contribution in [2.45, 2.75) is 39.2 Å². The molecule has 0 saturated carbocycles. The molecule has 3 N–H and O–H groups in total. The molecule has 1 aromatic heterocycles. The van der Waals surface area contributed by atoms with Gasteiger partial charge in [0.25, 0.3) is 0 Å². The predicted octanol–water partition coefficient (Wildman–Crippen LogP) is 1.53. The lowest BCUT2D eigenvalue weighted by Gasteiger charge is -2.28. The number of nitrogens with zero attached hydrogens (tertiary/aromatic N) is 3. The van der Waals surface area contributed by atoms with Crippen LogP contribution < -0.4 is 16.0 Å². The Morgan fingerprint density at radius 3 is 2.72 bits per heavy atom. The number of aromatic nitrogens is 2. The molecular formula is C13H23N5. The van der Waals surface area contributed by atoms with Gasteiger partial charge in [0, 0.05) is 31.7 Å². The van der Waals surface area contributed by atoms with E-state index in [0.717, 1.165) is 30.5 Å². The Balaban J connectivity index is 2.14. The van der Waals surface area contributed by atoms with E-state index in [1.807, 2.05) is 13.0 Å². The highest BCUT2D eigenvalue weighted by Crippen LogP contribution is 2.20. The van der Waals surface area contributed by atoms with Crippen molar-refractivity contribution in [3.8, 4) is 0 Å². The van der Waals surface area contributed by atoms with Gasteiger partial charge in [-0.1, -0.05) is 0 Å². The van der Waals surface area contributed by atoms with Crippen LogP contribution in [0.3, 0.4) is 0 Å². The Kier molecular flexibility index (Phi) is 4.36. The van der Waals surface area contributed by atoms with Crippen LogP contribution in [0, 0.1) is 6.92 Å². The minimum atomic E-state index is 0.230. The Morgan fingerprint density at radius 1 is 1.33 bits per heavy atom. The zero-order valence-electron chi connectivity index (χ0n) is 11.3. The summed E-state index contributed by atoms with van der Waals surface area (Å²) < 4.78 is 0. The molecule has 2 rings (SSSR count). The first-order valence-corrected chi connectivity index (χ1v) is 6.76. The molecule has 1 fully saturated rings. The number of nitrogens with one attached hydrogen (secondary N) is 1. The quantitative estimate of drug-likeness (QED) is 0.847. The summed E-state index contributed by atoms with van der Waals surface area (Å²) in [6.45, 7) is 6.79. The van der Waals surface area contributed by atoms with Gasteiger partial charge in [-0.15, -0.1) is 0 Å². The topological polar surface area (TPSA) is 67.1 Å². The fourth-order valence-corrected chi connectivity index (χ4v) is 2.22. The number of aryl methyl sites for hydroxylation is 1. The van der Waals surface area contributed by atoms with Gasteiger partial charge in [0.05, 0.1) is 0 Å². The summed E-state index contributed by atoms with van der Waals surface area (Å²) in [5.74, 6) is 2.72. The first-order valence-electron chi connectivity index (χ1n) is 6.76. The molecule has 0 radical (unpaired) electrons. The fourth-order valence-electron chi connectivity index (χ4n) is 2.22. The molecule has 5 nitrogen and oxygen atoms in total. The monoisotopic (exact) mass is 249 g/mol. The number of hydrogen-bond acceptors (Lipinski definition) is 5. The second-order valence-corrected chi connectivity index (χ2v) is 4.99. The van der Waals surface area contributed by atoms with E-state index < -0.39 is 0 Å². The SMILES string of the molecule is Cc1nc(NC(C)CN)cc(N2CCCCC2)n1. The van der Waals surface area contributed by atoms with Crippen LogP contribution in [0.25, 0.3) is 0 Å². The first-order chi connectivity index (χ1) is 8.69. The van der Waals surface area contributed by atoms with E-state index >= 15 is 0 Å².